The number of nitrogens with one attached hydrogen (secondary N) is 2. The van der Waals surface area contributed by atoms with Crippen LogP contribution in [0.1, 0.15) is 18.1 Å². The quantitative estimate of drug-likeness (QED) is 0.283. The molecule has 0 atom stereocenters. The Balaban J connectivity index is 1.29. The lowest BCUT2D eigenvalue weighted by molar-refractivity contribution is 0.422. The number of hydrogen-bond acceptors (Lipinski definition) is 7. The Hall–Kier alpha value is -5.24. The van der Waals surface area contributed by atoms with Crippen molar-refractivity contribution in [1.82, 2.24) is 30.1 Å². The molecule has 0 saturated heterocycles. The number of benzene rings is 2. The molecule has 0 amide bonds. The number of aromatic amines is 1. The molecule has 0 spiro atoms. The van der Waals surface area contributed by atoms with Crippen LogP contribution in [-0.2, 0) is 6.42 Å². The number of H-pyrrole nitrogens is 1. The summed E-state index contributed by atoms with van der Waals surface area (Å²) in [6, 6.07) is 8.32. The molecule has 0 fully saturated rings. The van der Waals surface area contributed by atoms with Gasteiger partial charge in [-0.2, -0.15) is 5.10 Å². The highest BCUT2D eigenvalue weighted by atomic mass is 19.1. The molecule has 3 heterocycles. The molecule has 0 bridgehead atoms. The average molecular weight is 494 g/mol. The topological polar surface area (TPSA) is 106 Å². The zero-order valence-corrected chi connectivity index (χ0v) is 19.3. The summed E-state index contributed by atoms with van der Waals surface area (Å²) in [5.41, 5.74) is 4.20. The van der Waals surface area contributed by atoms with E-state index >= 15 is 4.39 Å². The Kier molecular flexibility index (Phi) is 5.27. The first-order chi connectivity index (χ1) is 18.0. The van der Waals surface area contributed by atoms with Crippen molar-refractivity contribution in [1.29, 1.82) is 0 Å². The van der Waals surface area contributed by atoms with E-state index in [1.54, 1.807) is 31.5 Å². The van der Waals surface area contributed by atoms with Gasteiger partial charge in [-0.1, -0.05) is 17.7 Å². The highest BCUT2D eigenvalue weighted by Gasteiger charge is 2.24. The van der Waals surface area contributed by atoms with Crippen molar-refractivity contribution < 1.29 is 13.5 Å². The van der Waals surface area contributed by atoms with Crippen molar-refractivity contribution in [3.63, 3.8) is 0 Å². The Morgan fingerprint density at radius 3 is 2.73 bits per heavy atom. The number of allylic oxidation sites excluding steroid dienone is 1. The second-order valence-electron chi connectivity index (χ2n) is 8.37. The van der Waals surface area contributed by atoms with Crippen LogP contribution in [0.5, 0.6) is 11.6 Å². The van der Waals surface area contributed by atoms with E-state index in [9.17, 15) is 4.39 Å². The SMILES string of the molecule is [C-]#[N+]c1c(Nc2cc(-c3ccc4nccnc4c3)[nH]n2)ncnc1Oc1cc(F)c2c(c1F)C=C(C)C2. The number of hydrogen-bond donors (Lipinski definition) is 2. The Bertz CT molecular complexity index is 1770. The number of fused-ring (bicyclic) bond motifs is 2. The summed E-state index contributed by atoms with van der Waals surface area (Å²) in [6.07, 6.45) is 6.33. The third kappa shape index (κ3) is 4.00. The van der Waals surface area contributed by atoms with Gasteiger partial charge in [0.15, 0.2) is 17.4 Å². The molecule has 6 rings (SSSR count). The first kappa shape index (κ1) is 22.2. The number of rotatable bonds is 5. The molecule has 2 N–H and O–H groups in total. The average Bonchev–Trinajstić information content (AvgIpc) is 3.54. The molecule has 2 aromatic carbocycles. The molecule has 0 aliphatic heterocycles. The fourth-order valence-electron chi connectivity index (χ4n) is 4.16. The van der Waals surface area contributed by atoms with Crippen LogP contribution in [0.4, 0.5) is 26.1 Å². The zero-order chi connectivity index (χ0) is 25.5. The summed E-state index contributed by atoms with van der Waals surface area (Å²) >= 11 is 0. The summed E-state index contributed by atoms with van der Waals surface area (Å²) in [5.74, 6) is -1.40. The number of ether oxygens (including phenoxy) is 1. The van der Waals surface area contributed by atoms with Gasteiger partial charge in [-0.05, 0) is 25.5 Å². The van der Waals surface area contributed by atoms with E-state index < -0.39 is 11.6 Å². The molecule has 37 heavy (non-hydrogen) atoms. The van der Waals surface area contributed by atoms with Gasteiger partial charge in [-0.3, -0.25) is 15.1 Å². The lowest BCUT2D eigenvalue weighted by Crippen LogP contribution is -2.01. The molecule has 0 unspecified atom stereocenters. The van der Waals surface area contributed by atoms with E-state index in [1.807, 2.05) is 18.2 Å². The number of nitrogens with zero attached hydrogens (tertiary/aromatic N) is 6. The fourth-order valence-corrected chi connectivity index (χ4v) is 4.16. The molecule has 180 valence electrons. The normalized spacial score (nSPS) is 12.2. The molecule has 9 nitrogen and oxygen atoms in total. The predicted molar refractivity (Wildman–Crippen MR) is 132 cm³/mol. The smallest absolute Gasteiger partial charge is 0.288 e. The number of halogens is 2. The van der Waals surface area contributed by atoms with E-state index in [4.69, 9.17) is 11.3 Å². The van der Waals surface area contributed by atoms with Gasteiger partial charge in [0, 0.05) is 41.2 Å². The molecular formula is C26H16F2N8O. The molecule has 1 aliphatic carbocycles. The first-order valence-corrected chi connectivity index (χ1v) is 11.1. The molecule has 0 radical (unpaired) electrons. The van der Waals surface area contributed by atoms with Crippen molar-refractivity contribution in [2.45, 2.75) is 13.3 Å². The van der Waals surface area contributed by atoms with E-state index in [0.29, 0.717) is 17.9 Å². The van der Waals surface area contributed by atoms with Gasteiger partial charge < -0.3 is 10.1 Å². The van der Waals surface area contributed by atoms with Crippen LogP contribution in [0.2, 0.25) is 0 Å². The van der Waals surface area contributed by atoms with E-state index in [2.05, 4.69) is 40.3 Å². The van der Waals surface area contributed by atoms with Gasteiger partial charge >= 0.3 is 0 Å². The molecule has 1 aliphatic rings. The lowest BCUT2D eigenvalue weighted by atomic mass is 10.1. The number of anilines is 2. The highest BCUT2D eigenvalue weighted by Crippen LogP contribution is 2.40. The maximum Gasteiger partial charge on any atom is 0.288 e. The van der Waals surface area contributed by atoms with Crippen molar-refractivity contribution in [2.75, 3.05) is 5.32 Å². The van der Waals surface area contributed by atoms with Crippen LogP contribution in [0.3, 0.4) is 0 Å². The minimum Gasteiger partial charge on any atom is -0.446 e. The van der Waals surface area contributed by atoms with Crippen LogP contribution in [-0.4, -0.2) is 30.1 Å². The third-order valence-electron chi connectivity index (χ3n) is 5.88. The van der Waals surface area contributed by atoms with E-state index in [-0.39, 0.29) is 34.3 Å². The standard InChI is InChI=1S/C26H16F2N8O/c1-13-7-15-16(8-13)23(28)21(10-17(15)27)37-26-24(29-2)25(32-12-33-26)34-22-11-19(35-36-22)14-3-4-18-20(9-14)31-6-5-30-18/h3-6,8-12H,7H2,1H3,(H2,32,33,34,35,36). The second-order valence-corrected chi connectivity index (χ2v) is 8.37. The summed E-state index contributed by atoms with van der Waals surface area (Å²) < 4.78 is 35.2. The molecule has 3 aromatic heterocycles. The monoisotopic (exact) mass is 494 g/mol. The van der Waals surface area contributed by atoms with Crippen molar-refractivity contribution in [2.24, 2.45) is 0 Å². The molecule has 5 aromatic rings. The van der Waals surface area contributed by atoms with Crippen molar-refractivity contribution >= 4 is 34.4 Å². The van der Waals surface area contributed by atoms with Crippen LogP contribution in [0.25, 0.3) is 33.2 Å². The molecule has 0 saturated carbocycles. The Labute approximate surface area is 208 Å². The highest BCUT2D eigenvalue weighted by molar-refractivity contribution is 5.81. The summed E-state index contributed by atoms with van der Waals surface area (Å²) in [4.78, 5) is 20.1. The van der Waals surface area contributed by atoms with Gasteiger partial charge in [0.1, 0.15) is 18.0 Å². The van der Waals surface area contributed by atoms with Crippen LogP contribution >= 0.6 is 0 Å². The fraction of sp³-hybridized carbons (Fsp3) is 0.0769. The van der Waals surface area contributed by atoms with Crippen LogP contribution in [0, 0.1) is 18.2 Å². The van der Waals surface area contributed by atoms with Crippen LogP contribution < -0.4 is 10.1 Å². The van der Waals surface area contributed by atoms with E-state index in [1.165, 1.54) is 0 Å². The largest absolute Gasteiger partial charge is 0.446 e. The Morgan fingerprint density at radius 2 is 1.89 bits per heavy atom. The molecule has 11 heteroatoms. The molecular weight excluding hydrogens is 478 g/mol. The summed E-state index contributed by atoms with van der Waals surface area (Å²) in [6.45, 7) is 9.42. The van der Waals surface area contributed by atoms with Gasteiger partial charge in [0.25, 0.3) is 5.69 Å². The summed E-state index contributed by atoms with van der Waals surface area (Å²) in [7, 11) is 0. The predicted octanol–water partition coefficient (Wildman–Crippen LogP) is 6.13. The first-order valence-electron chi connectivity index (χ1n) is 11.1. The van der Waals surface area contributed by atoms with Crippen molar-refractivity contribution in [3.05, 3.63) is 88.8 Å². The third-order valence-corrected chi connectivity index (χ3v) is 5.88. The van der Waals surface area contributed by atoms with Gasteiger partial charge in [0.2, 0.25) is 5.88 Å². The second kappa shape index (κ2) is 8.76. The Morgan fingerprint density at radius 1 is 1.05 bits per heavy atom. The number of aromatic nitrogens is 6. The van der Waals surface area contributed by atoms with Gasteiger partial charge in [-0.25, -0.2) is 23.6 Å². The van der Waals surface area contributed by atoms with Gasteiger partial charge in [0.05, 0.1) is 23.3 Å². The van der Waals surface area contributed by atoms with E-state index in [0.717, 1.165) is 34.6 Å². The summed E-state index contributed by atoms with van der Waals surface area (Å²) in [5, 5.41) is 10.1. The minimum atomic E-state index is -0.714. The zero-order valence-electron chi connectivity index (χ0n) is 19.3. The minimum absolute atomic E-state index is 0.0974. The van der Waals surface area contributed by atoms with Crippen molar-refractivity contribution in [3.8, 4) is 22.9 Å². The maximum absolute atomic E-state index is 15.1. The lowest BCUT2D eigenvalue weighted by Gasteiger charge is -2.12. The van der Waals surface area contributed by atoms with Crippen LogP contribution in [0.15, 0.2) is 54.6 Å². The van der Waals surface area contributed by atoms with Gasteiger partial charge in [-0.15, -0.1) is 0 Å². The maximum atomic E-state index is 15.1.